The summed E-state index contributed by atoms with van der Waals surface area (Å²) in [5.74, 6) is -0.987. The minimum Gasteiger partial charge on any atom is -0.480 e. The lowest BCUT2D eigenvalue weighted by Crippen LogP contribution is -2.37. The molecule has 8 nitrogen and oxygen atoms in total. The molecule has 0 spiro atoms. The van der Waals surface area contributed by atoms with Crippen molar-refractivity contribution in [3.05, 3.63) is 0 Å². The second kappa shape index (κ2) is 7.78. The van der Waals surface area contributed by atoms with Crippen LogP contribution in [0.1, 0.15) is 39.0 Å². The fourth-order valence-corrected chi connectivity index (χ4v) is 1.69. The van der Waals surface area contributed by atoms with Gasteiger partial charge in [0.05, 0.1) is 0 Å². The summed E-state index contributed by atoms with van der Waals surface area (Å²) in [6.07, 6.45) is 3.49. The van der Waals surface area contributed by atoms with Gasteiger partial charge in [0.15, 0.2) is 5.66 Å². The smallest absolute Gasteiger partial charge is 0.320 e. The first kappa shape index (κ1) is 16.4. The van der Waals surface area contributed by atoms with E-state index in [1.807, 2.05) is 6.92 Å². The lowest BCUT2D eigenvalue weighted by molar-refractivity contribution is -0.138. The molecule has 1 atom stereocenters. The van der Waals surface area contributed by atoms with Gasteiger partial charge >= 0.3 is 12.0 Å². The van der Waals surface area contributed by atoms with Gasteiger partial charge in [0, 0.05) is 13.1 Å². The summed E-state index contributed by atoms with van der Waals surface area (Å²) in [5, 5.41) is 21.8. The molecule has 114 valence electrons. The summed E-state index contributed by atoms with van der Waals surface area (Å²) in [6, 6.07) is -1.02. The number of hydrogen-bond acceptors (Lipinski definition) is 5. The molecule has 1 heterocycles. The number of nitrogens with two attached hydrogens (primary N) is 1. The van der Waals surface area contributed by atoms with Crippen LogP contribution in [0.2, 0.25) is 0 Å². The zero-order valence-corrected chi connectivity index (χ0v) is 11.8. The van der Waals surface area contributed by atoms with Gasteiger partial charge in [-0.05, 0) is 39.0 Å². The predicted octanol–water partition coefficient (Wildman–Crippen LogP) is 0.830. The number of unbranched alkanes of at least 4 members (excludes halogenated alkanes) is 1. The normalized spacial score (nSPS) is 16.5. The van der Waals surface area contributed by atoms with Crippen molar-refractivity contribution in [2.24, 2.45) is 16.0 Å². The second-order valence-electron chi connectivity index (χ2n) is 5.14. The van der Waals surface area contributed by atoms with Crippen LogP contribution in [0.4, 0.5) is 4.79 Å². The maximum absolute atomic E-state index is 11.4. The standard InChI is InChI=1S/C12H23N5O3/c1-12(16-17-12)6-4-8-15-11(20)14-7-3-2-5-9(13)10(18)19/h9H,2-8,13H2,1H3,(H,18,19)(H2,14,15,20)/t9-/m0/s1. The molecule has 0 saturated carbocycles. The van der Waals surface area contributed by atoms with Gasteiger partial charge in [-0.25, -0.2) is 4.79 Å². The molecule has 8 heteroatoms. The number of nitrogens with zero attached hydrogens (tertiary/aromatic N) is 2. The molecule has 1 rings (SSSR count). The molecule has 1 aliphatic rings. The van der Waals surface area contributed by atoms with Crippen molar-refractivity contribution < 1.29 is 14.7 Å². The molecular formula is C12H23N5O3. The Morgan fingerprint density at radius 3 is 2.35 bits per heavy atom. The fraction of sp³-hybridized carbons (Fsp3) is 0.833. The highest BCUT2D eigenvalue weighted by Crippen LogP contribution is 2.31. The molecule has 0 aromatic rings. The van der Waals surface area contributed by atoms with Crippen molar-refractivity contribution in [1.82, 2.24) is 10.6 Å². The third-order valence-electron chi connectivity index (χ3n) is 3.10. The van der Waals surface area contributed by atoms with Gasteiger partial charge in [-0.1, -0.05) is 0 Å². The van der Waals surface area contributed by atoms with Crippen molar-refractivity contribution in [2.45, 2.75) is 50.7 Å². The molecule has 0 saturated heterocycles. The van der Waals surface area contributed by atoms with E-state index >= 15 is 0 Å². The van der Waals surface area contributed by atoms with Gasteiger partial charge in [-0.3, -0.25) is 4.79 Å². The van der Waals surface area contributed by atoms with Crippen molar-refractivity contribution in [1.29, 1.82) is 0 Å². The van der Waals surface area contributed by atoms with E-state index in [1.165, 1.54) is 0 Å². The van der Waals surface area contributed by atoms with E-state index < -0.39 is 12.0 Å². The maximum Gasteiger partial charge on any atom is 0.320 e. The highest BCUT2D eigenvalue weighted by molar-refractivity contribution is 5.73. The summed E-state index contributed by atoms with van der Waals surface area (Å²) < 4.78 is 0. The average Bonchev–Trinajstić information content (AvgIpc) is 3.12. The van der Waals surface area contributed by atoms with Crippen LogP contribution in [0.25, 0.3) is 0 Å². The van der Waals surface area contributed by atoms with Gasteiger partial charge in [-0.2, -0.15) is 10.2 Å². The largest absolute Gasteiger partial charge is 0.480 e. The van der Waals surface area contributed by atoms with Crippen LogP contribution in [-0.4, -0.2) is 41.9 Å². The topological polar surface area (TPSA) is 129 Å². The Balaban J connectivity index is 1.88. The van der Waals surface area contributed by atoms with Crippen LogP contribution in [-0.2, 0) is 4.79 Å². The molecule has 5 N–H and O–H groups in total. The van der Waals surface area contributed by atoms with Crippen LogP contribution < -0.4 is 16.4 Å². The van der Waals surface area contributed by atoms with Crippen molar-refractivity contribution in [3.8, 4) is 0 Å². The van der Waals surface area contributed by atoms with E-state index in [0.29, 0.717) is 32.4 Å². The van der Waals surface area contributed by atoms with Crippen LogP contribution in [0.15, 0.2) is 10.2 Å². The molecule has 20 heavy (non-hydrogen) atoms. The molecule has 0 bridgehead atoms. The summed E-state index contributed by atoms with van der Waals surface area (Å²) in [6.45, 7) is 3.06. The Bertz CT molecular complexity index is 366. The molecule has 0 unspecified atom stereocenters. The van der Waals surface area contributed by atoms with Crippen molar-refractivity contribution in [2.75, 3.05) is 13.1 Å². The maximum atomic E-state index is 11.4. The number of amides is 2. The zero-order chi connectivity index (χ0) is 15.0. The van der Waals surface area contributed by atoms with Gasteiger partial charge in [0.2, 0.25) is 0 Å². The first-order valence-corrected chi connectivity index (χ1v) is 6.87. The lowest BCUT2D eigenvalue weighted by Gasteiger charge is -2.09. The first-order chi connectivity index (χ1) is 9.43. The number of nitrogens with one attached hydrogen (secondary N) is 2. The van der Waals surface area contributed by atoms with Gasteiger partial charge in [0.1, 0.15) is 6.04 Å². The molecular weight excluding hydrogens is 262 g/mol. The highest BCUT2D eigenvalue weighted by atomic mass is 16.4. The third-order valence-corrected chi connectivity index (χ3v) is 3.10. The first-order valence-electron chi connectivity index (χ1n) is 6.87. The van der Waals surface area contributed by atoms with Crippen LogP contribution in [0.3, 0.4) is 0 Å². The zero-order valence-electron chi connectivity index (χ0n) is 11.8. The Morgan fingerprint density at radius 2 is 1.80 bits per heavy atom. The number of aliphatic carboxylic acids is 1. The number of carbonyl (C=O) groups is 2. The molecule has 0 aromatic heterocycles. The summed E-state index contributed by atoms with van der Waals surface area (Å²) >= 11 is 0. The summed E-state index contributed by atoms with van der Waals surface area (Å²) in [5.41, 5.74) is 5.16. The number of hydrogen-bond donors (Lipinski definition) is 4. The summed E-state index contributed by atoms with van der Waals surface area (Å²) in [4.78, 5) is 21.9. The molecule has 2 amide bonds. The Hall–Kier alpha value is -1.70. The van der Waals surface area contributed by atoms with Crippen molar-refractivity contribution >= 4 is 12.0 Å². The monoisotopic (exact) mass is 285 g/mol. The number of carbonyl (C=O) groups excluding carboxylic acids is 1. The number of carboxylic acids is 1. The second-order valence-corrected chi connectivity index (χ2v) is 5.14. The van der Waals surface area contributed by atoms with E-state index in [0.717, 1.165) is 12.8 Å². The van der Waals surface area contributed by atoms with Gasteiger partial charge in [0.25, 0.3) is 0 Å². The van der Waals surface area contributed by atoms with Crippen LogP contribution in [0, 0.1) is 0 Å². The Morgan fingerprint density at radius 1 is 1.20 bits per heavy atom. The summed E-state index contributed by atoms with van der Waals surface area (Å²) in [7, 11) is 0. The molecule has 0 fully saturated rings. The van der Waals surface area contributed by atoms with E-state index in [1.54, 1.807) is 0 Å². The fourth-order valence-electron chi connectivity index (χ4n) is 1.69. The van der Waals surface area contributed by atoms with E-state index in [-0.39, 0.29) is 11.7 Å². The van der Waals surface area contributed by atoms with Gasteiger partial charge < -0.3 is 21.5 Å². The molecule has 1 aliphatic heterocycles. The predicted molar refractivity (Wildman–Crippen MR) is 73.4 cm³/mol. The molecule has 0 aromatic carbocycles. The Kier molecular flexibility index (Phi) is 6.37. The minimum atomic E-state index is -0.987. The third kappa shape index (κ3) is 7.03. The SMILES string of the molecule is CC1(CCCNC(=O)NCCCC[C@H](N)C(=O)O)N=N1. The van der Waals surface area contributed by atoms with Gasteiger partial charge in [-0.15, -0.1) is 0 Å². The highest BCUT2D eigenvalue weighted by Gasteiger charge is 2.32. The van der Waals surface area contributed by atoms with E-state index in [4.69, 9.17) is 10.8 Å². The van der Waals surface area contributed by atoms with E-state index in [9.17, 15) is 9.59 Å². The average molecular weight is 285 g/mol. The molecule has 0 aliphatic carbocycles. The number of carboxylic acid groups (broad SMARTS) is 1. The van der Waals surface area contributed by atoms with Crippen molar-refractivity contribution in [3.63, 3.8) is 0 Å². The number of urea groups is 1. The minimum absolute atomic E-state index is 0.206. The number of rotatable bonds is 10. The Labute approximate surface area is 118 Å². The van der Waals surface area contributed by atoms with E-state index in [2.05, 4.69) is 20.9 Å². The molecule has 0 radical (unpaired) electrons. The lowest BCUT2D eigenvalue weighted by atomic mass is 10.1. The quantitative estimate of drug-likeness (QED) is 0.443. The van der Waals surface area contributed by atoms with Crippen LogP contribution >= 0.6 is 0 Å². The van der Waals surface area contributed by atoms with Crippen LogP contribution in [0.5, 0.6) is 0 Å².